The molecular weight excluding hydrogens is 616 g/mol. The summed E-state index contributed by atoms with van der Waals surface area (Å²) >= 11 is 0.934. The Labute approximate surface area is 275 Å². The summed E-state index contributed by atoms with van der Waals surface area (Å²) in [4.78, 5) is 45.9. The van der Waals surface area contributed by atoms with Gasteiger partial charge >= 0.3 is 11.9 Å². The molecule has 0 saturated carbocycles. The highest BCUT2D eigenvalue weighted by atomic mass is 32.1. The first-order valence-electron chi connectivity index (χ1n) is 14.7. The van der Waals surface area contributed by atoms with Crippen molar-refractivity contribution in [3.8, 4) is 17.2 Å². The minimum atomic E-state index is -1.08. The fourth-order valence-corrected chi connectivity index (χ4v) is 6.37. The van der Waals surface area contributed by atoms with Crippen LogP contribution in [-0.2, 0) is 20.9 Å². The SMILES string of the molecule is COC(=O)c1sc(N2C(=O)C(=O)/C(=C(\O)c3ccc(OCc4ccccc4)cc3C)C2c2cccc(Oc3ccccc3)c2)nc1C. The van der Waals surface area contributed by atoms with Gasteiger partial charge in [-0.05, 0) is 73.0 Å². The predicted octanol–water partition coefficient (Wildman–Crippen LogP) is 7.54. The Morgan fingerprint density at radius 1 is 0.872 bits per heavy atom. The highest BCUT2D eigenvalue weighted by molar-refractivity contribution is 7.17. The van der Waals surface area contributed by atoms with Gasteiger partial charge in [-0.3, -0.25) is 14.5 Å². The van der Waals surface area contributed by atoms with Crippen molar-refractivity contribution in [3.05, 3.63) is 142 Å². The number of ketones is 1. The molecule has 1 aliphatic rings. The van der Waals surface area contributed by atoms with E-state index >= 15 is 0 Å². The number of ether oxygens (including phenoxy) is 3. The van der Waals surface area contributed by atoms with Crippen molar-refractivity contribution in [3.63, 3.8) is 0 Å². The first kappa shape index (κ1) is 31.3. The highest BCUT2D eigenvalue weighted by Crippen LogP contribution is 2.45. The third kappa shape index (κ3) is 6.36. The number of esters is 1. The number of hydrogen-bond donors (Lipinski definition) is 1. The molecule has 0 radical (unpaired) electrons. The molecule has 1 saturated heterocycles. The fraction of sp³-hybridized carbons (Fsp3) is 0.135. The van der Waals surface area contributed by atoms with Gasteiger partial charge in [0.15, 0.2) is 5.13 Å². The molecule has 10 heteroatoms. The first-order valence-corrected chi connectivity index (χ1v) is 15.5. The van der Waals surface area contributed by atoms with E-state index in [9.17, 15) is 19.5 Å². The number of carbonyl (C=O) groups excluding carboxylic acids is 3. The molecule has 1 amide bonds. The maximum Gasteiger partial charge on any atom is 0.350 e. The van der Waals surface area contributed by atoms with Crippen LogP contribution in [0.3, 0.4) is 0 Å². The van der Waals surface area contributed by atoms with Crippen LogP contribution in [0.15, 0.2) is 109 Å². The van der Waals surface area contributed by atoms with Gasteiger partial charge in [0, 0.05) is 5.56 Å². The Morgan fingerprint density at radius 3 is 2.28 bits per heavy atom. The normalized spacial score (nSPS) is 15.5. The van der Waals surface area contributed by atoms with Crippen LogP contribution in [0.5, 0.6) is 17.2 Å². The number of thiazole rings is 1. The minimum absolute atomic E-state index is 0.116. The molecule has 1 N–H and O–H groups in total. The summed E-state index contributed by atoms with van der Waals surface area (Å²) in [5, 5.41) is 11.9. The molecule has 0 bridgehead atoms. The summed E-state index contributed by atoms with van der Waals surface area (Å²) in [5.74, 6) is -1.10. The van der Waals surface area contributed by atoms with E-state index in [-0.39, 0.29) is 21.3 Å². The van der Waals surface area contributed by atoms with Gasteiger partial charge in [-0.25, -0.2) is 9.78 Å². The minimum Gasteiger partial charge on any atom is -0.507 e. The molecule has 236 valence electrons. The van der Waals surface area contributed by atoms with Crippen molar-refractivity contribution in [2.75, 3.05) is 12.0 Å². The van der Waals surface area contributed by atoms with Gasteiger partial charge in [-0.15, -0.1) is 0 Å². The molecule has 9 nitrogen and oxygen atoms in total. The molecule has 1 atom stereocenters. The number of methoxy groups -OCH3 is 1. The fourth-order valence-electron chi connectivity index (χ4n) is 5.36. The quantitative estimate of drug-likeness (QED) is 0.0756. The largest absolute Gasteiger partial charge is 0.507 e. The third-order valence-corrected chi connectivity index (χ3v) is 8.80. The maximum absolute atomic E-state index is 13.8. The number of Topliss-reactive ketones (excluding diaryl/α,β-unsaturated/α-hetero) is 1. The first-order chi connectivity index (χ1) is 22.7. The van der Waals surface area contributed by atoms with E-state index < -0.39 is 23.7 Å². The Kier molecular flexibility index (Phi) is 8.86. The van der Waals surface area contributed by atoms with Crippen LogP contribution in [0, 0.1) is 13.8 Å². The van der Waals surface area contributed by atoms with Crippen molar-refractivity contribution in [1.82, 2.24) is 4.98 Å². The summed E-state index contributed by atoms with van der Waals surface area (Å²) in [6, 6.07) is 29.9. The smallest absolute Gasteiger partial charge is 0.350 e. The van der Waals surface area contributed by atoms with Crippen LogP contribution in [0.1, 0.15) is 43.7 Å². The molecular formula is C37H30N2O7S. The van der Waals surface area contributed by atoms with E-state index in [1.165, 1.54) is 12.0 Å². The molecule has 0 aliphatic carbocycles. The van der Waals surface area contributed by atoms with Gasteiger partial charge in [0.05, 0.1) is 24.4 Å². The van der Waals surface area contributed by atoms with Crippen molar-refractivity contribution in [1.29, 1.82) is 0 Å². The number of aryl methyl sites for hydroxylation is 2. The molecule has 0 spiro atoms. The van der Waals surface area contributed by atoms with Crippen LogP contribution >= 0.6 is 11.3 Å². The second-order valence-corrected chi connectivity index (χ2v) is 11.8. The Bertz CT molecular complexity index is 2000. The lowest BCUT2D eigenvalue weighted by atomic mass is 9.94. The lowest BCUT2D eigenvalue weighted by Crippen LogP contribution is -2.29. The summed E-state index contributed by atoms with van der Waals surface area (Å²) in [7, 11) is 1.26. The van der Waals surface area contributed by atoms with E-state index in [0.717, 1.165) is 16.9 Å². The van der Waals surface area contributed by atoms with Gasteiger partial charge in [0.2, 0.25) is 0 Å². The van der Waals surface area contributed by atoms with E-state index in [4.69, 9.17) is 14.2 Å². The van der Waals surface area contributed by atoms with Crippen LogP contribution in [-0.4, -0.2) is 34.9 Å². The summed E-state index contributed by atoms with van der Waals surface area (Å²) in [6.07, 6.45) is 0. The Balaban J connectivity index is 1.43. The van der Waals surface area contributed by atoms with E-state index in [0.29, 0.717) is 46.2 Å². The van der Waals surface area contributed by atoms with Crippen LogP contribution in [0.2, 0.25) is 0 Å². The molecule has 1 fully saturated rings. The lowest BCUT2D eigenvalue weighted by molar-refractivity contribution is -0.132. The number of aliphatic hydroxyl groups excluding tert-OH is 1. The van der Waals surface area contributed by atoms with E-state index in [1.807, 2.05) is 48.5 Å². The Hall–Kier alpha value is -5.74. The summed E-state index contributed by atoms with van der Waals surface area (Å²) < 4.78 is 16.9. The van der Waals surface area contributed by atoms with E-state index in [2.05, 4.69) is 4.98 Å². The topological polar surface area (TPSA) is 115 Å². The molecule has 5 aromatic rings. The van der Waals surface area contributed by atoms with Gasteiger partial charge < -0.3 is 19.3 Å². The number of aliphatic hydroxyl groups is 1. The molecule has 6 rings (SSSR count). The number of para-hydroxylation sites is 1. The number of hydrogen-bond acceptors (Lipinski definition) is 9. The predicted molar refractivity (Wildman–Crippen MR) is 178 cm³/mol. The second-order valence-electron chi connectivity index (χ2n) is 10.8. The summed E-state index contributed by atoms with van der Waals surface area (Å²) in [5.41, 5.74) is 2.72. The van der Waals surface area contributed by atoms with Crippen LogP contribution in [0.25, 0.3) is 5.76 Å². The maximum atomic E-state index is 13.8. The number of amides is 1. The number of benzene rings is 4. The monoisotopic (exact) mass is 646 g/mol. The number of anilines is 1. The lowest BCUT2D eigenvalue weighted by Gasteiger charge is -2.23. The average Bonchev–Trinajstić information content (AvgIpc) is 3.60. The van der Waals surface area contributed by atoms with Gasteiger partial charge in [0.1, 0.15) is 34.5 Å². The Morgan fingerprint density at radius 2 is 1.57 bits per heavy atom. The van der Waals surface area contributed by atoms with Crippen LogP contribution < -0.4 is 14.4 Å². The number of carbonyl (C=O) groups is 3. The second kappa shape index (κ2) is 13.3. The molecule has 1 aromatic heterocycles. The van der Waals surface area contributed by atoms with Gasteiger partial charge in [-0.2, -0.15) is 0 Å². The van der Waals surface area contributed by atoms with E-state index in [1.54, 1.807) is 68.4 Å². The molecule has 2 heterocycles. The number of aromatic nitrogens is 1. The van der Waals surface area contributed by atoms with Crippen molar-refractivity contribution < 1.29 is 33.7 Å². The zero-order chi connectivity index (χ0) is 33.1. The van der Waals surface area contributed by atoms with Gasteiger partial charge in [-0.1, -0.05) is 72.0 Å². The standard InChI is InChI=1S/C37H30N2O7S/c1-22-19-27(45-21-24-11-6-4-7-12-24)17-18-29(22)32(40)30-31(25-13-10-16-28(20-25)46-26-14-8-5-9-15-26)39(35(42)33(30)41)37-38-23(2)34(47-37)36(43)44-3/h4-20,31,40H,21H2,1-3H3/b32-30-. The van der Waals surface area contributed by atoms with Gasteiger partial charge in [0.25, 0.3) is 5.78 Å². The van der Waals surface area contributed by atoms with Crippen LogP contribution in [0.4, 0.5) is 5.13 Å². The number of rotatable bonds is 9. The third-order valence-electron chi connectivity index (χ3n) is 7.66. The zero-order valence-electron chi connectivity index (χ0n) is 25.8. The van der Waals surface area contributed by atoms with Crippen molar-refractivity contribution >= 4 is 39.9 Å². The average molecular weight is 647 g/mol. The number of nitrogens with zero attached hydrogens (tertiary/aromatic N) is 2. The molecule has 4 aromatic carbocycles. The molecule has 47 heavy (non-hydrogen) atoms. The molecule has 1 aliphatic heterocycles. The zero-order valence-corrected chi connectivity index (χ0v) is 26.6. The summed E-state index contributed by atoms with van der Waals surface area (Å²) in [6.45, 7) is 3.77. The molecule has 1 unspecified atom stereocenters. The van der Waals surface area contributed by atoms with Crippen molar-refractivity contribution in [2.24, 2.45) is 0 Å². The highest BCUT2D eigenvalue weighted by Gasteiger charge is 2.48. The van der Waals surface area contributed by atoms with Crippen molar-refractivity contribution in [2.45, 2.75) is 26.5 Å².